The van der Waals surface area contributed by atoms with Gasteiger partial charge in [0.1, 0.15) is 5.75 Å². The highest BCUT2D eigenvalue weighted by molar-refractivity contribution is 7.22. The van der Waals surface area contributed by atoms with E-state index in [0.29, 0.717) is 0 Å². The summed E-state index contributed by atoms with van der Waals surface area (Å²) in [4.78, 5) is 22.1. The maximum Gasteiger partial charge on any atom is 0.233 e. The molecule has 1 saturated heterocycles. The molecule has 2 aliphatic heterocycles. The minimum absolute atomic E-state index is 0.0498. The number of thiazole rings is 1. The molecule has 2 aromatic carbocycles. The summed E-state index contributed by atoms with van der Waals surface area (Å²) in [6.45, 7) is 4.42. The first-order chi connectivity index (χ1) is 13.6. The van der Waals surface area contributed by atoms with Crippen LogP contribution < -0.4 is 14.5 Å². The van der Waals surface area contributed by atoms with E-state index in [1.54, 1.807) is 18.4 Å². The molecule has 2 aliphatic rings. The molecule has 3 aromatic rings. The predicted molar refractivity (Wildman–Crippen MR) is 114 cm³/mol. The van der Waals surface area contributed by atoms with Crippen LogP contribution in [0.2, 0.25) is 0 Å². The van der Waals surface area contributed by atoms with Gasteiger partial charge in [0.2, 0.25) is 5.91 Å². The number of carbonyl (C=O) groups is 1. The number of benzene rings is 2. The zero-order chi connectivity index (χ0) is 19.3. The lowest BCUT2D eigenvalue weighted by molar-refractivity contribution is -0.123. The lowest BCUT2D eigenvalue weighted by atomic mass is 9.95. The average molecular weight is 394 g/mol. The zero-order valence-corrected chi connectivity index (χ0v) is 17.0. The Labute approximate surface area is 168 Å². The molecule has 0 N–H and O–H groups in total. The number of ether oxygens (including phenoxy) is 1. The minimum atomic E-state index is 0.0498. The molecule has 1 amide bonds. The summed E-state index contributed by atoms with van der Waals surface area (Å²) in [5, 5.41) is 0.988. The second-order valence-corrected chi connectivity index (χ2v) is 8.67. The summed E-state index contributed by atoms with van der Waals surface area (Å²) < 4.78 is 6.41. The third-order valence-electron chi connectivity index (χ3n) is 5.71. The lowest BCUT2D eigenvalue weighted by Gasteiger charge is -2.41. The zero-order valence-electron chi connectivity index (χ0n) is 16.1. The van der Waals surface area contributed by atoms with E-state index >= 15 is 0 Å². The molecule has 28 heavy (non-hydrogen) atoms. The fourth-order valence-electron chi connectivity index (χ4n) is 4.12. The van der Waals surface area contributed by atoms with Crippen LogP contribution in [-0.4, -0.2) is 37.6 Å². The molecule has 0 bridgehead atoms. The van der Waals surface area contributed by atoms with Crippen molar-refractivity contribution in [2.24, 2.45) is 5.92 Å². The summed E-state index contributed by atoms with van der Waals surface area (Å²) in [5.41, 5.74) is 4.65. The molecule has 6 heteroatoms. The van der Waals surface area contributed by atoms with Crippen molar-refractivity contribution in [1.82, 2.24) is 4.98 Å². The molecule has 1 fully saturated rings. The number of fused-ring (bicyclic) bond motifs is 2. The van der Waals surface area contributed by atoms with Crippen molar-refractivity contribution in [2.45, 2.75) is 19.8 Å². The van der Waals surface area contributed by atoms with Gasteiger partial charge in [-0.15, -0.1) is 0 Å². The van der Waals surface area contributed by atoms with Gasteiger partial charge in [-0.25, -0.2) is 4.98 Å². The Kier molecular flexibility index (Phi) is 4.23. The molecule has 5 rings (SSSR count). The van der Waals surface area contributed by atoms with Crippen LogP contribution >= 0.6 is 11.3 Å². The highest BCUT2D eigenvalue weighted by Crippen LogP contribution is 2.36. The molecule has 0 unspecified atom stereocenters. The molecule has 0 atom stereocenters. The second kappa shape index (κ2) is 6.78. The van der Waals surface area contributed by atoms with Crippen molar-refractivity contribution in [3.05, 3.63) is 47.5 Å². The molecule has 0 aliphatic carbocycles. The molecular weight excluding hydrogens is 370 g/mol. The Hall–Kier alpha value is -2.60. The highest BCUT2D eigenvalue weighted by Gasteiger charge is 2.38. The molecular formula is C22H23N3O2S. The summed E-state index contributed by atoms with van der Waals surface area (Å²) in [6.07, 6.45) is 2.10. The lowest BCUT2D eigenvalue weighted by Crippen LogP contribution is -2.55. The SMILES string of the molecule is COc1ccc2nc(N3CC(C(=O)N4CCCc5cc(C)ccc54)C3)sc2c1. The van der Waals surface area contributed by atoms with Crippen molar-refractivity contribution < 1.29 is 9.53 Å². The third-order valence-corrected chi connectivity index (χ3v) is 6.78. The second-order valence-electron chi connectivity index (χ2n) is 7.66. The van der Waals surface area contributed by atoms with Gasteiger partial charge in [0.25, 0.3) is 0 Å². The normalized spacial score (nSPS) is 16.8. The summed E-state index contributed by atoms with van der Waals surface area (Å²) >= 11 is 1.66. The van der Waals surface area contributed by atoms with Crippen LogP contribution in [0.4, 0.5) is 10.8 Å². The number of aromatic nitrogens is 1. The Morgan fingerprint density at radius 2 is 2.07 bits per heavy atom. The maximum atomic E-state index is 13.1. The number of hydrogen-bond acceptors (Lipinski definition) is 5. The van der Waals surface area contributed by atoms with Crippen molar-refractivity contribution >= 4 is 38.3 Å². The van der Waals surface area contributed by atoms with E-state index in [1.807, 2.05) is 23.1 Å². The number of methoxy groups -OCH3 is 1. The average Bonchev–Trinajstić information content (AvgIpc) is 3.08. The molecule has 5 nitrogen and oxygen atoms in total. The minimum Gasteiger partial charge on any atom is -0.497 e. The number of aryl methyl sites for hydroxylation is 2. The van der Waals surface area contributed by atoms with Gasteiger partial charge >= 0.3 is 0 Å². The van der Waals surface area contributed by atoms with Gasteiger partial charge in [-0.2, -0.15) is 0 Å². The summed E-state index contributed by atoms with van der Waals surface area (Å²) in [7, 11) is 1.68. The number of rotatable bonds is 3. The monoisotopic (exact) mass is 393 g/mol. The van der Waals surface area contributed by atoms with Gasteiger partial charge in [-0.1, -0.05) is 29.0 Å². The number of carbonyl (C=O) groups excluding carboxylic acids is 1. The summed E-state index contributed by atoms with van der Waals surface area (Å²) in [6, 6.07) is 12.4. The predicted octanol–water partition coefficient (Wildman–Crippen LogP) is 4.03. The van der Waals surface area contributed by atoms with E-state index < -0.39 is 0 Å². The van der Waals surface area contributed by atoms with E-state index in [4.69, 9.17) is 9.72 Å². The standard InChI is InChI=1S/C22H23N3O2S/c1-14-5-8-19-15(10-14)4-3-9-25(19)21(26)16-12-24(13-16)22-23-18-7-6-17(27-2)11-20(18)28-22/h5-8,10-11,16H,3-4,9,12-13H2,1-2H3. The van der Waals surface area contributed by atoms with Crippen molar-refractivity contribution in [1.29, 1.82) is 0 Å². The van der Waals surface area contributed by atoms with Crippen LogP contribution in [-0.2, 0) is 11.2 Å². The van der Waals surface area contributed by atoms with Crippen molar-refractivity contribution in [3.63, 3.8) is 0 Å². The van der Waals surface area contributed by atoms with Gasteiger partial charge < -0.3 is 14.5 Å². The Balaban J connectivity index is 1.30. The fourth-order valence-corrected chi connectivity index (χ4v) is 5.13. The molecule has 3 heterocycles. The first kappa shape index (κ1) is 17.5. The van der Waals surface area contributed by atoms with E-state index in [1.165, 1.54) is 11.1 Å². The number of nitrogens with zero attached hydrogens (tertiary/aromatic N) is 3. The first-order valence-electron chi connectivity index (χ1n) is 9.73. The van der Waals surface area contributed by atoms with Crippen molar-refractivity contribution in [3.8, 4) is 5.75 Å². The molecule has 0 radical (unpaired) electrons. The van der Waals surface area contributed by atoms with Crippen LogP contribution in [0.25, 0.3) is 10.2 Å². The van der Waals surface area contributed by atoms with Gasteiger partial charge in [-0.3, -0.25) is 4.79 Å². The van der Waals surface area contributed by atoms with Crippen LogP contribution in [0.1, 0.15) is 17.5 Å². The molecule has 144 valence electrons. The van der Waals surface area contributed by atoms with Gasteiger partial charge in [0.15, 0.2) is 5.13 Å². The molecule has 0 spiro atoms. The van der Waals surface area contributed by atoms with Crippen LogP contribution in [0, 0.1) is 12.8 Å². The highest BCUT2D eigenvalue weighted by atomic mass is 32.1. The first-order valence-corrected chi connectivity index (χ1v) is 10.5. The van der Waals surface area contributed by atoms with E-state index in [9.17, 15) is 4.79 Å². The third kappa shape index (κ3) is 2.92. The number of hydrogen-bond donors (Lipinski definition) is 0. The summed E-state index contributed by atoms with van der Waals surface area (Å²) in [5.74, 6) is 1.15. The quantitative estimate of drug-likeness (QED) is 0.674. The van der Waals surface area contributed by atoms with Gasteiger partial charge in [0, 0.05) is 25.3 Å². The Bertz CT molecular complexity index is 1060. The van der Waals surface area contributed by atoms with Gasteiger partial charge in [0.05, 0.1) is 23.2 Å². The molecule has 1 aromatic heterocycles. The van der Waals surface area contributed by atoms with E-state index in [2.05, 4.69) is 30.0 Å². The number of amides is 1. The molecule has 0 saturated carbocycles. The fraction of sp³-hybridized carbons (Fsp3) is 0.364. The Morgan fingerprint density at radius 1 is 1.21 bits per heavy atom. The smallest absolute Gasteiger partial charge is 0.233 e. The maximum absolute atomic E-state index is 13.1. The van der Waals surface area contributed by atoms with Gasteiger partial charge in [-0.05, 0) is 49.6 Å². The van der Waals surface area contributed by atoms with E-state index in [-0.39, 0.29) is 11.8 Å². The number of anilines is 2. The van der Waals surface area contributed by atoms with Crippen molar-refractivity contribution in [2.75, 3.05) is 36.5 Å². The largest absolute Gasteiger partial charge is 0.497 e. The van der Waals surface area contributed by atoms with E-state index in [0.717, 1.165) is 59.3 Å². The Morgan fingerprint density at radius 3 is 2.89 bits per heavy atom. The van der Waals surface area contributed by atoms with Crippen LogP contribution in [0.15, 0.2) is 36.4 Å². The van der Waals surface area contributed by atoms with Crippen LogP contribution in [0.3, 0.4) is 0 Å². The topological polar surface area (TPSA) is 45.7 Å². The van der Waals surface area contributed by atoms with Crippen LogP contribution in [0.5, 0.6) is 5.75 Å².